The highest BCUT2D eigenvalue weighted by Crippen LogP contribution is 2.31. The minimum atomic E-state index is -0.133. The van der Waals surface area contributed by atoms with Crippen molar-refractivity contribution in [1.29, 1.82) is 0 Å². The first-order valence-corrected chi connectivity index (χ1v) is 7.89. The van der Waals surface area contributed by atoms with Gasteiger partial charge in [-0.15, -0.1) is 9.24 Å². The molecule has 0 N–H and O–H groups in total. The highest BCUT2D eigenvalue weighted by atomic mass is 31.0. The van der Waals surface area contributed by atoms with Gasteiger partial charge in [0.25, 0.3) is 0 Å². The summed E-state index contributed by atoms with van der Waals surface area (Å²) in [5.74, 6) is 0.688. The van der Waals surface area contributed by atoms with E-state index < -0.39 is 0 Å². The molecule has 1 aliphatic heterocycles. The Kier molecular flexibility index (Phi) is 4.72. The number of amides is 2. The third-order valence-electron chi connectivity index (χ3n) is 4.48. The van der Waals surface area contributed by atoms with Crippen LogP contribution >= 0.6 is 9.24 Å². The number of carbonyl (C=O) groups excluding carboxylic acids is 3. The molecule has 4 nitrogen and oxygen atoms in total. The normalized spacial score (nSPS) is 31.9. The number of Topliss-reactive ketones (excluding diaryl/α,β-unsaturated/α-hetero) is 1. The van der Waals surface area contributed by atoms with E-state index >= 15 is 0 Å². The highest BCUT2D eigenvalue weighted by Gasteiger charge is 2.38. The van der Waals surface area contributed by atoms with Crippen molar-refractivity contribution >= 4 is 26.8 Å². The van der Waals surface area contributed by atoms with Crippen LogP contribution in [0.2, 0.25) is 0 Å². The number of hydrogen-bond acceptors (Lipinski definition) is 3. The number of ketones is 1. The van der Waals surface area contributed by atoms with Crippen LogP contribution in [0, 0.1) is 17.8 Å². The summed E-state index contributed by atoms with van der Waals surface area (Å²) in [5, 5.41) is 0. The molecule has 1 heterocycles. The Bertz CT molecular complexity index is 388. The minimum absolute atomic E-state index is 0.00584. The Morgan fingerprint density at radius 2 is 1.89 bits per heavy atom. The van der Waals surface area contributed by atoms with Gasteiger partial charge in [-0.3, -0.25) is 19.3 Å². The lowest BCUT2D eigenvalue weighted by Crippen LogP contribution is -2.37. The van der Waals surface area contributed by atoms with Crippen molar-refractivity contribution in [3.8, 4) is 0 Å². The van der Waals surface area contributed by atoms with Crippen molar-refractivity contribution in [2.75, 3.05) is 12.7 Å². The number of hydrogen-bond donors (Lipinski definition) is 0. The van der Waals surface area contributed by atoms with Crippen LogP contribution in [0.1, 0.15) is 39.0 Å². The standard InChI is InChI=1S/C14H22NO3P/c1-9(16)11-4-2-10(3-5-11)7-15-13(17)6-12(8-19)14(15)18/h10-12H,2-8,19H2,1H3/t10?,11?,12-/m1/s1. The van der Waals surface area contributed by atoms with Crippen LogP contribution in [0.15, 0.2) is 0 Å². The van der Waals surface area contributed by atoms with Gasteiger partial charge in [0.15, 0.2) is 0 Å². The molecule has 0 aromatic carbocycles. The number of rotatable bonds is 4. The number of carbonyl (C=O) groups is 3. The van der Waals surface area contributed by atoms with Gasteiger partial charge < -0.3 is 0 Å². The summed E-state index contributed by atoms with van der Waals surface area (Å²) in [6, 6.07) is 0. The van der Waals surface area contributed by atoms with Gasteiger partial charge in [0.1, 0.15) is 5.78 Å². The van der Waals surface area contributed by atoms with Gasteiger partial charge in [-0.2, -0.15) is 0 Å². The zero-order chi connectivity index (χ0) is 14.0. The van der Waals surface area contributed by atoms with E-state index in [9.17, 15) is 14.4 Å². The molecule has 0 bridgehead atoms. The molecule has 0 spiro atoms. The number of imide groups is 1. The predicted octanol–water partition coefficient (Wildman–Crippen LogP) is 1.63. The Morgan fingerprint density at radius 1 is 1.26 bits per heavy atom. The maximum absolute atomic E-state index is 12.0. The van der Waals surface area contributed by atoms with E-state index in [0.29, 0.717) is 25.0 Å². The molecule has 2 fully saturated rings. The molecule has 19 heavy (non-hydrogen) atoms. The zero-order valence-corrected chi connectivity index (χ0v) is 12.6. The lowest BCUT2D eigenvalue weighted by Gasteiger charge is -2.29. The van der Waals surface area contributed by atoms with Gasteiger partial charge >= 0.3 is 0 Å². The Hall–Kier alpha value is -0.760. The van der Waals surface area contributed by atoms with E-state index in [2.05, 4.69) is 9.24 Å². The molecule has 5 heteroatoms. The molecule has 1 aliphatic carbocycles. The van der Waals surface area contributed by atoms with Crippen molar-refractivity contribution < 1.29 is 14.4 Å². The van der Waals surface area contributed by atoms with Gasteiger partial charge in [0.2, 0.25) is 11.8 Å². The Labute approximate surface area is 116 Å². The van der Waals surface area contributed by atoms with Crippen molar-refractivity contribution in [1.82, 2.24) is 4.90 Å². The van der Waals surface area contributed by atoms with Crippen molar-refractivity contribution in [2.45, 2.75) is 39.0 Å². The van der Waals surface area contributed by atoms with Crippen LogP contribution in [0.3, 0.4) is 0 Å². The van der Waals surface area contributed by atoms with E-state index in [0.717, 1.165) is 25.7 Å². The first-order chi connectivity index (χ1) is 9.02. The van der Waals surface area contributed by atoms with Gasteiger partial charge in [0.05, 0.1) is 5.92 Å². The third kappa shape index (κ3) is 3.22. The van der Waals surface area contributed by atoms with Crippen LogP contribution < -0.4 is 0 Å². The summed E-state index contributed by atoms with van der Waals surface area (Å²) in [4.78, 5) is 36.6. The lowest BCUT2D eigenvalue weighted by molar-refractivity contribution is -0.140. The largest absolute Gasteiger partial charge is 0.300 e. The average molecular weight is 283 g/mol. The molecule has 1 saturated carbocycles. The predicted molar refractivity (Wildman–Crippen MR) is 75.5 cm³/mol. The molecule has 2 atom stereocenters. The summed E-state index contributed by atoms with van der Waals surface area (Å²) in [6.45, 7) is 2.21. The average Bonchev–Trinajstić information content (AvgIpc) is 2.67. The van der Waals surface area contributed by atoms with Crippen LogP contribution in [0.25, 0.3) is 0 Å². The fourth-order valence-corrected chi connectivity index (χ4v) is 3.51. The minimum Gasteiger partial charge on any atom is -0.300 e. The lowest BCUT2D eigenvalue weighted by atomic mass is 9.80. The Morgan fingerprint density at radius 3 is 2.37 bits per heavy atom. The number of likely N-dealkylation sites (tertiary alicyclic amines) is 1. The van der Waals surface area contributed by atoms with E-state index in [-0.39, 0.29) is 29.4 Å². The van der Waals surface area contributed by atoms with Crippen LogP contribution in [0.4, 0.5) is 0 Å². The second-order valence-electron chi connectivity index (χ2n) is 5.81. The van der Waals surface area contributed by atoms with Crippen molar-refractivity contribution in [3.05, 3.63) is 0 Å². The summed E-state index contributed by atoms with van der Waals surface area (Å²) in [5.41, 5.74) is 0. The molecule has 2 amide bonds. The molecule has 2 rings (SSSR count). The topological polar surface area (TPSA) is 54.5 Å². The van der Waals surface area contributed by atoms with E-state index in [1.807, 2.05) is 0 Å². The van der Waals surface area contributed by atoms with E-state index in [4.69, 9.17) is 0 Å². The molecule has 0 aromatic rings. The molecular formula is C14H22NO3P. The van der Waals surface area contributed by atoms with Crippen LogP contribution in [-0.4, -0.2) is 35.2 Å². The smallest absolute Gasteiger partial charge is 0.233 e. The van der Waals surface area contributed by atoms with E-state index in [1.165, 1.54) is 4.90 Å². The first kappa shape index (κ1) is 14.6. The van der Waals surface area contributed by atoms with E-state index in [1.54, 1.807) is 6.92 Å². The first-order valence-electron chi connectivity index (χ1n) is 7.07. The van der Waals surface area contributed by atoms with Crippen molar-refractivity contribution in [2.24, 2.45) is 17.8 Å². The molecule has 2 aliphatic rings. The fourth-order valence-electron chi connectivity index (χ4n) is 3.14. The maximum atomic E-state index is 12.0. The summed E-state index contributed by atoms with van der Waals surface area (Å²) in [7, 11) is 2.55. The number of nitrogens with zero attached hydrogens (tertiary/aromatic N) is 1. The Balaban J connectivity index is 1.87. The maximum Gasteiger partial charge on any atom is 0.233 e. The molecule has 1 unspecified atom stereocenters. The SMILES string of the molecule is CC(=O)C1CCC(CN2C(=O)C[C@H](CP)C2=O)CC1. The monoisotopic (exact) mass is 283 g/mol. The molecular weight excluding hydrogens is 261 g/mol. The summed E-state index contributed by atoms with van der Waals surface area (Å²) in [6.07, 6.45) is 4.75. The molecule has 1 saturated heterocycles. The van der Waals surface area contributed by atoms with Crippen LogP contribution in [0.5, 0.6) is 0 Å². The summed E-state index contributed by atoms with van der Waals surface area (Å²) >= 11 is 0. The van der Waals surface area contributed by atoms with Gasteiger partial charge in [0, 0.05) is 18.9 Å². The highest BCUT2D eigenvalue weighted by molar-refractivity contribution is 7.16. The second kappa shape index (κ2) is 6.13. The summed E-state index contributed by atoms with van der Waals surface area (Å²) < 4.78 is 0. The zero-order valence-electron chi connectivity index (χ0n) is 11.4. The third-order valence-corrected chi connectivity index (χ3v) is 5.05. The molecule has 106 valence electrons. The molecule has 0 aromatic heterocycles. The van der Waals surface area contributed by atoms with Gasteiger partial charge in [-0.05, 0) is 44.7 Å². The molecule has 0 radical (unpaired) electrons. The van der Waals surface area contributed by atoms with Crippen LogP contribution in [-0.2, 0) is 14.4 Å². The van der Waals surface area contributed by atoms with Gasteiger partial charge in [-0.1, -0.05) is 0 Å². The van der Waals surface area contributed by atoms with Gasteiger partial charge in [-0.25, -0.2) is 0 Å². The van der Waals surface area contributed by atoms with Crippen molar-refractivity contribution in [3.63, 3.8) is 0 Å². The second-order valence-corrected chi connectivity index (χ2v) is 6.28. The fraction of sp³-hybridized carbons (Fsp3) is 0.786. The quantitative estimate of drug-likeness (QED) is 0.582.